The molecule has 2 aliphatic carbocycles. The Labute approximate surface area is 528 Å². The monoisotopic (exact) mass is 1300 g/mol. The molecule has 464 valence electrons. The fraction of sp³-hybridized carbons (Fsp3) is 0.0303. The van der Waals surface area contributed by atoms with Gasteiger partial charge in [0.2, 0.25) is 0 Å². The molecule has 0 saturated carbocycles. The molecule has 0 aliphatic heterocycles. The van der Waals surface area contributed by atoms with Gasteiger partial charge in [0.05, 0.1) is 65.2 Å². The van der Waals surface area contributed by atoms with Crippen molar-refractivity contribution >= 4 is 156 Å². The summed E-state index contributed by atoms with van der Waals surface area (Å²) in [7, 11) is -12.6. The number of allylic oxidation sites excluding steroid dienone is 4. The van der Waals surface area contributed by atoms with Crippen LogP contribution in [0.3, 0.4) is 0 Å². The van der Waals surface area contributed by atoms with Gasteiger partial charge in [0.1, 0.15) is 43.5 Å². The molecule has 10 aromatic carbocycles. The molecule has 0 saturated heterocycles. The summed E-state index contributed by atoms with van der Waals surface area (Å²) in [5.74, 6) is 0. The highest BCUT2D eigenvalue weighted by Crippen LogP contribution is 2.49. The molecule has 2 aliphatic rings. The van der Waals surface area contributed by atoms with Crippen LogP contribution in [0.2, 0.25) is 0 Å². The summed E-state index contributed by atoms with van der Waals surface area (Å²) in [6, 6.07) is 55.1. The molecule has 0 unspecified atom stereocenters. The van der Waals surface area contributed by atoms with E-state index in [4.69, 9.17) is 20.0 Å². The molecule has 21 nitrogen and oxygen atoms in total. The van der Waals surface area contributed by atoms with Gasteiger partial charge in [0, 0.05) is 103 Å². The first-order valence-electron chi connectivity index (χ1n) is 27.7. The zero-order chi connectivity index (χ0) is 64.0. The third-order valence-corrected chi connectivity index (χ3v) is 18.5. The average Bonchev–Trinajstić information content (AvgIpc) is 1.05. The molecule has 10 aromatic rings. The normalized spacial score (nSPS) is 15.8. The van der Waals surface area contributed by atoms with E-state index in [1.54, 1.807) is 61.7 Å². The Balaban J connectivity index is 0.777. The average molecular weight is 1300 g/mol. The lowest BCUT2D eigenvalue weighted by Crippen LogP contribution is -2.14. The van der Waals surface area contributed by atoms with E-state index < -0.39 is 43.5 Å². The minimum Gasteiger partial charge on any atom is -0.388 e. The zero-order valence-corrected chi connectivity index (χ0v) is 51.3. The fourth-order valence-electron chi connectivity index (χ4n) is 10.4. The molecular weight excluding hydrogens is 1240 g/mol. The van der Waals surface area contributed by atoms with Crippen molar-refractivity contribution in [1.29, 1.82) is 0 Å². The first kappa shape index (κ1) is 62.0. The van der Waals surface area contributed by atoms with Crippen molar-refractivity contribution < 1.29 is 54.6 Å². The maximum Gasteiger partial charge on any atom is 0.112 e. The molecule has 0 fully saturated rings. The second kappa shape index (κ2) is 24.9. The Morgan fingerprint density at radius 2 is 0.527 bits per heavy atom. The second-order valence-corrected chi connectivity index (χ2v) is 27.0. The molecule has 91 heavy (non-hydrogen) atoms. The summed E-state index contributed by atoms with van der Waals surface area (Å²) in [4.78, 5) is 19.3. The van der Waals surface area contributed by atoms with Gasteiger partial charge in [-0.2, -0.15) is 0 Å². The molecule has 0 aromatic heterocycles. The van der Waals surface area contributed by atoms with Gasteiger partial charge in [-0.1, -0.05) is 24.3 Å². The summed E-state index contributed by atoms with van der Waals surface area (Å²) in [6.45, 7) is 0. The summed E-state index contributed by atoms with van der Waals surface area (Å²) >= 11 is 0. The highest BCUT2D eigenvalue weighted by Gasteiger charge is 2.26. The van der Waals surface area contributed by atoms with Crippen molar-refractivity contribution in [3.05, 3.63) is 241 Å². The van der Waals surface area contributed by atoms with Crippen molar-refractivity contribution in [2.45, 2.75) is 19.6 Å². The molecule has 17 N–H and O–H groups in total. The van der Waals surface area contributed by atoms with Crippen LogP contribution in [0, 0.1) is 0 Å². The number of rotatable bonds is 16. The molecule has 0 radical (unpaired) electrons. The van der Waals surface area contributed by atoms with Gasteiger partial charge in [0.25, 0.3) is 0 Å². The Morgan fingerprint density at radius 1 is 0.253 bits per heavy atom. The molecule has 0 amide bonds. The summed E-state index contributed by atoms with van der Waals surface area (Å²) < 4.78 is 122. The van der Waals surface area contributed by atoms with E-state index in [1.165, 1.54) is 48.5 Å². The summed E-state index contributed by atoms with van der Waals surface area (Å²) in [6.07, 6.45) is 7.12. The van der Waals surface area contributed by atoms with Crippen LogP contribution in [0.15, 0.2) is 258 Å². The number of hydrogen-bond donors (Lipinski definition) is 17. The summed E-state index contributed by atoms with van der Waals surface area (Å²) in [5, 5.41) is 19.1. The third-order valence-electron chi connectivity index (χ3n) is 15.0. The minimum absolute atomic E-state index is 0.0189. The molecule has 0 spiro atoms. The van der Waals surface area contributed by atoms with Crippen LogP contribution in [0.25, 0.3) is 21.5 Å². The quantitative estimate of drug-likeness (QED) is 0.0427. The van der Waals surface area contributed by atoms with Crippen molar-refractivity contribution in [1.82, 2.24) is 0 Å². The van der Waals surface area contributed by atoms with E-state index >= 15 is 0 Å². The molecule has 12 rings (SSSR count). The van der Waals surface area contributed by atoms with Crippen LogP contribution >= 0.6 is 43.5 Å². The van der Waals surface area contributed by atoms with Crippen LogP contribution in [-0.2, 0) is 0 Å². The van der Waals surface area contributed by atoms with E-state index in [0.717, 1.165) is 16.8 Å². The number of benzene rings is 10. The number of anilines is 8. The van der Waals surface area contributed by atoms with Gasteiger partial charge in [0.15, 0.2) is 0 Å². The minimum atomic E-state index is -4.11. The molecular formula is C66H59N9O12S4. The lowest BCUT2D eigenvalue weighted by molar-refractivity contribution is 0.374. The van der Waals surface area contributed by atoms with E-state index in [0.29, 0.717) is 118 Å². The number of nitrogens with one attached hydrogen (secondary N) is 5. The topological polar surface area (TPSA) is 352 Å². The van der Waals surface area contributed by atoms with E-state index in [1.807, 2.05) is 122 Å². The lowest BCUT2D eigenvalue weighted by Gasteiger charge is -2.22. The van der Waals surface area contributed by atoms with Gasteiger partial charge in [-0.3, -0.25) is 0 Å². The van der Waals surface area contributed by atoms with Crippen LogP contribution in [0.5, 0.6) is 0 Å². The predicted molar refractivity (Wildman–Crippen MR) is 374 cm³/mol. The van der Waals surface area contributed by atoms with Gasteiger partial charge in [-0.15, -0.1) is 0 Å². The zero-order valence-electron chi connectivity index (χ0n) is 48.1. The van der Waals surface area contributed by atoms with Crippen molar-refractivity contribution in [3.63, 3.8) is 0 Å². The maximum absolute atomic E-state index is 10.4. The fourth-order valence-corrected chi connectivity index (χ4v) is 12.6. The predicted octanol–water partition coefficient (Wildman–Crippen LogP) is 19.3. The van der Waals surface area contributed by atoms with Crippen LogP contribution in [0.1, 0.15) is 22.3 Å². The highest BCUT2D eigenvalue weighted by molar-refractivity contribution is 8.20. The maximum atomic E-state index is 10.4. The first-order chi connectivity index (χ1) is 43.4. The number of nitrogens with zero attached hydrogens (tertiary/aromatic N) is 4. The number of fused-ring (bicyclic) bond motifs is 4. The Bertz CT molecular complexity index is 4680. The Hall–Kier alpha value is -9.20. The first-order valence-corrected chi connectivity index (χ1v) is 33.7. The van der Waals surface area contributed by atoms with Crippen LogP contribution < -0.4 is 26.6 Å². The molecule has 0 atom stereocenters. The van der Waals surface area contributed by atoms with Gasteiger partial charge >= 0.3 is 0 Å². The number of hydrogen-bond acceptors (Lipinski definition) is 21. The van der Waals surface area contributed by atoms with Crippen LogP contribution in [-0.4, -0.2) is 91.6 Å². The third kappa shape index (κ3) is 13.8. The van der Waals surface area contributed by atoms with Gasteiger partial charge < -0.3 is 81.2 Å². The number of aliphatic imine (C=N–C) groups is 4. The van der Waals surface area contributed by atoms with Crippen molar-refractivity contribution in [3.8, 4) is 0 Å². The van der Waals surface area contributed by atoms with E-state index in [9.17, 15) is 54.6 Å². The standard InChI is InChI=1S/C66H59N9O12S4/c1-67-39-3-5-40(6-4-39)72-64-32-29-60(52-24-20-48(36-56(52)64)89(79,80)81)70-42-9-15-45(16-10-42)74-66-34-31-62(54-26-22-50(38-58(54)66)91(85,86)87)71-43-11-17-46(18-12-43)75-65-33-30-61(53-25-21-49(37-57(53)65)90(82,83)84)69-41-7-13-44(14-8-41)73-63-28-27-59(68-2)51-23-19-47(35-55(51)63)88(76,77)78/h3-38,67-68,71,73-74,76-87H,1-2H3. The SMILES string of the molecule is CNc1ccc(N=C2C=CC(=Nc3ccc(Nc4ccc(Nc5ccc(N=C6C=CC(=Nc7ccc(Nc8ccc(NC)c9ccc(S(O)(O)O)cc89)cc7)c7ccc(S(O)(O)O)cc76)cc5)c5ccc(S(O)(O)O)cc45)cc3)c3ccc(S(O)(O)O)cc32)cc1. The van der Waals surface area contributed by atoms with Crippen molar-refractivity contribution in [2.24, 2.45) is 20.0 Å². The van der Waals surface area contributed by atoms with E-state index in [-0.39, 0.29) is 19.6 Å². The Morgan fingerprint density at radius 3 is 0.846 bits per heavy atom. The molecule has 0 heterocycles. The second-order valence-electron chi connectivity index (χ2n) is 20.9. The highest BCUT2D eigenvalue weighted by atomic mass is 32.3. The van der Waals surface area contributed by atoms with E-state index in [2.05, 4.69) is 26.6 Å². The van der Waals surface area contributed by atoms with Crippen molar-refractivity contribution in [2.75, 3.05) is 40.7 Å². The lowest BCUT2D eigenvalue weighted by atomic mass is 9.93. The largest absolute Gasteiger partial charge is 0.388 e. The molecule has 25 heteroatoms. The summed E-state index contributed by atoms with van der Waals surface area (Å²) in [5.41, 5.74) is 12.4. The van der Waals surface area contributed by atoms with Gasteiger partial charge in [-0.05, 0) is 194 Å². The Kier molecular flexibility index (Phi) is 17.0. The molecule has 0 bridgehead atoms. The smallest absolute Gasteiger partial charge is 0.112 e. The van der Waals surface area contributed by atoms with Gasteiger partial charge in [-0.25, -0.2) is 20.0 Å². The van der Waals surface area contributed by atoms with Crippen LogP contribution in [0.4, 0.5) is 68.2 Å².